The van der Waals surface area contributed by atoms with Crippen molar-refractivity contribution in [2.75, 3.05) is 0 Å². The van der Waals surface area contributed by atoms with E-state index >= 15 is 4.57 Å². The van der Waals surface area contributed by atoms with Crippen LogP contribution >= 0.6 is 7.14 Å². The summed E-state index contributed by atoms with van der Waals surface area (Å²) in [5.41, 5.74) is 6.27. The summed E-state index contributed by atoms with van der Waals surface area (Å²) >= 11 is 0. The van der Waals surface area contributed by atoms with Gasteiger partial charge in [0.15, 0.2) is 7.14 Å². The summed E-state index contributed by atoms with van der Waals surface area (Å²) in [5, 5.41) is 10.5. The van der Waals surface area contributed by atoms with Gasteiger partial charge in [0.05, 0.1) is 16.6 Å². The van der Waals surface area contributed by atoms with E-state index in [9.17, 15) is 0 Å². The van der Waals surface area contributed by atoms with Crippen LogP contribution in [0.4, 0.5) is 0 Å². The molecule has 0 bridgehead atoms. The van der Waals surface area contributed by atoms with Gasteiger partial charge >= 0.3 is 0 Å². The average molecular weight is 645 g/mol. The van der Waals surface area contributed by atoms with E-state index in [2.05, 4.69) is 120 Å². The first kappa shape index (κ1) is 28.0. The van der Waals surface area contributed by atoms with E-state index in [0.717, 1.165) is 70.6 Å². The molecule has 0 radical (unpaired) electrons. The van der Waals surface area contributed by atoms with Crippen LogP contribution in [0, 0.1) is 0 Å². The third-order valence-corrected chi connectivity index (χ3v) is 13.1. The van der Waals surface area contributed by atoms with Crippen molar-refractivity contribution in [2.24, 2.45) is 0 Å². The SMILES string of the molecule is O=P(c1ccccc1)(c1ccccc1)c1ccc2c(c1)c1c3ccccc3ccc1c1nc3cc(-c4cccc5ccccc45)ccc3n21. The molecular formula is C45H29N2OP. The Hall–Kier alpha value is -6.02. The van der Waals surface area contributed by atoms with Crippen molar-refractivity contribution in [2.45, 2.75) is 0 Å². The van der Waals surface area contributed by atoms with Crippen LogP contribution in [-0.2, 0) is 4.57 Å². The van der Waals surface area contributed by atoms with Crippen molar-refractivity contribution in [3.05, 3.63) is 176 Å². The Morgan fingerprint density at radius 3 is 1.84 bits per heavy atom. The van der Waals surface area contributed by atoms with Gasteiger partial charge in [0.25, 0.3) is 0 Å². The number of hydrogen-bond donors (Lipinski definition) is 0. The van der Waals surface area contributed by atoms with E-state index < -0.39 is 7.14 Å². The topological polar surface area (TPSA) is 34.4 Å². The van der Waals surface area contributed by atoms with Crippen molar-refractivity contribution in [1.82, 2.24) is 9.38 Å². The zero-order valence-corrected chi connectivity index (χ0v) is 27.4. The van der Waals surface area contributed by atoms with Gasteiger partial charge in [-0.2, -0.15) is 0 Å². The maximum atomic E-state index is 15.5. The Balaban J connectivity index is 1.31. The summed E-state index contributed by atoms with van der Waals surface area (Å²) in [4.78, 5) is 5.34. The highest BCUT2D eigenvalue weighted by atomic mass is 31.2. The van der Waals surface area contributed by atoms with E-state index in [1.165, 1.54) is 16.3 Å². The van der Waals surface area contributed by atoms with E-state index in [-0.39, 0.29) is 0 Å². The van der Waals surface area contributed by atoms with Crippen LogP contribution in [0.15, 0.2) is 176 Å². The Bertz CT molecular complexity index is 2920. The lowest BCUT2D eigenvalue weighted by atomic mass is 9.98. The van der Waals surface area contributed by atoms with Crippen LogP contribution in [0.2, 0.25) is 0 Å². The largest absolute Gasteiger partial charge is 0.309 e. The van der Waals surface area contributed by atoms with Crippen LogP contribution in [0.25, 0.3) is 71.0 Å². The molecule has 0 saturated heterocycles. The highest BCUT2D eigenvalue weighted by molar-refractivity contribution is 7.85. The van der Waals surface area contributed by atoms with E-state index in [0.29, 0.717) is 0 Å². The molecule has 0 unspecified atom stereocenters. The number of imidazole rings is 1. The van der Waals surface area contributed by atoms with Gasteiger partial charge in [-0.25, -0.2) is 4.98 Å². The van der Waals surface area contributed by atoms with Crippen molar-refractivity contribution < 1.29 is 4.57 Å². The second-order valence-electron chi connectivity index (χ2n) is 12.7. The predicted octanol–water partition coefficient (Wildman–Crippen LogP) is 10.4. The minimum absolute atomic E-state index is 0.814. The van der Waals surface area contributed by atoms with Gasteiger partial charge in [-0.05, 0) is 69.1 Å². The van der Waals surface area contributed by atoms with Gasteiger partial charge in [-0.15, -0.1) is 0 Å². The summed E-state index contributed by atoms with van der Waals surface area (Å²) in [7, 11) is -3.20. The normalized spacial score (nSPS) is 12.2. The molecular weight excluding hydrogens is 615 g/mol. The summed E-state index contributed by atoms with van der Waals surface area (Å²) in [6.07, 6.45) is 0. The zero-order valence-electron chi connectivity index (χ0n) is 26.5. The quantitative estimate of drug-likeness (QED) is 0.141. The van der Waals surface area contributed by atoms with Crippen LogP contribution in [0.5, 0.6) is 0 Å². The third-order valence-electron chi connectivity index (χ3n) is 10.0. The second kappa shape index (κ2) is 10.8. The van der Waals surface area contributed by atoms with Crippen molar-refractivity contribution >= 4 is 83.0 Å². The zero-order chi connectivity index (χ0) is 32.5. The van der Waals surface area contributed by atoms with Crippen LogP contribution in [-0.4, -0.2) is 9.38 Å². The molecule has 2 aromatic heterocycles. The van der Waals surface area contributed by atoms with E-state index in [1.54, 1.807) is 0 Å². The molecule has 0 aliphatic heterocycles. The van der Waals surface area contributed by atoms with Gasteiger partial charge in [-0.1, -0.05) is 140 Å². The Labute approximate surface area is 283 Å². The molecule has 0 saturated carbocycles. The van der Waals surface area contributed by atoms with Crippen molar-refractivity contribution in [3.63, 3.8) is 0 Å². The summed E-state index contributed by atoms with van der Waals surface area (Å²) in [6, 6.07) is 60.8. The molecule has 10 rings (SSSR count). The summed E-state index contributed by atoms with van der Waals surface area (Å²) < 4.78 is 17.8. The number of nitrogens with zero attached hydrogens (tertiary/aromatic N) is 2. The number of hydrogen-bond acceptors (Lipinski definition) is 2. The van der Waals surface area contributed by atoms with E-state index in [1.807, 2.05) is 60.7 Å². The van der Waals surface area contributed by atoms with Crippen LogP contribution in [0.1, 0.15) is 0 Å². The van der Waals surface area contributed by atoms with Gasteiger partial charge in [0.2, 0.25) is 0 Å². The monoisotopic (exact) mass is 644 g/mol. The lowest BCUT2D eigenvalue weighted by Gasteiger charge is -2.21. The van der Waals surface area contributed by atoms with Crippen molar-refractivity contribution in [1.29, 1.82) is 0 Å². The molecule has 230 valence electrons. The molecule has 8 aromatic carbocycles. The fraction of sp³-hybridized carbons (Fsp3) is 0. The molecule has 0 amide bonds. The molecule has 4 heteroatoms. The maximum absolute atomic E-state index is 15.5. The number of aromatic nitrogens is 2. The average Bonchev–Trinajstić information content (AvgIpc) is 3.57. The predicted molar refractivity (Wildman–Crippen MR) is 208 cm³/mol. The van der Waals surface area contributed by atoms with Gasteiger partial charge < -0.3 is 4.57 Å². The molecule has 3 nitrogen and oxygen atoms in total. The lowest BCUT2D eigenvalue weighted by molar-refractivity contribution is 0.592. The fourth-order valence-corrected chi connectivity index (χ4v) is 10.4. The maximum Gasteiger partial charge on any atom is 0.171 e. The molecule has 49 heavy (non-hydrogen) atoms. The second-order valence-corrected chi connectivity index (χ2v) is 15.5. The minimum atomic E-state index is -3.20. The first-order chi connectivity index (χ1) is 24.2. The molecule has 2 heterocycles. The smallest absolute Gasteiger partial charge is 0.171 e. The van der Waals surface area contributed by atoms with Gasteiger partial charge in [0.1, 0.15) is 5.65 Å². The number of rotatable bonds is 4. The first-order valence-electron chi connectivity index (χ1n) is 16.6. The molecule has 0 N–H and O–H groups in total. The summed E-state index contributed by atoms with van der Waals surface area (Å²) in [6.45, 7) is 0. The Morgan fingerprint density at radius 1 is 0.449 bits per heavy atom. The molecule has 0 aliphatic rings. The van der Waals surface area contributed by atoms with Gasteiger partial charge in [-0.3, -0.25) is 4.40 Å². The van der Waals surface area contributed by atoms with Crippen molar-refractivity contribution in [3.8, 4) is 11.1 Å². The van der Waals surface area contributed by atoms with Crippen LogP contribution < -0.4 is 15.9 Å². The number of fused-ring (bicyclic) bond motifs is 11. The minimum Gasteiger partial charge on any atom is -0.309 e. The van der Waals surface area contributed by atoms with Gasteiger partial charge in [0, 0.05) is 32.1 Å². The number of pyridine rings is 1. The third kappa shape index (κ3) is 4.16. The van der Waals surface area contributed by atoms with E-state index in [4.69, 9.17) is 4.98 Å². The van der Waals surface area contributed by atoms with Crippen LogP contribution in [0.3, 0.4) is 0 Å². The highest BCUT2D eigenvalue weighted by Gasteiger charge is 2.30. The number of benzene rings is 8. The highest BCUT2D eigenvalue weighted by Crippen LogP contribution is 2.45. The molecule has 0 aliphatic carbocycles. The molecule has 0 fully saturated rings. The Kier molecular flexibility index (Phi) is 6.15. The molecule has 10 aromatic rings. The lowest BCUT2D eigenvalue weighted by Crippen LogP contribution is -2.25. The summed E-state index contributed by atoms with van der Waals surface area (Å²) in [5.74, 6) is 0. The Morgan fingerprint density at radius 2 is 1.08 bits per heavy atom. The molecule has 0 atom stereocenters. The first-order valence-corrected chi connectivity index (χ1v) is 18.3. The fourth-order valence-electron chi connectivity index (χ4n) is 7.74. The molecule has 0 spiro atoms. The standard InChI is InChI=1S/C45H29N2OP/c48-49(33-15-3-1-4-16-33,34-17-5-2-6-18-34)35-24-27-42-40(29-35)44-38-20-10-8-13-31(38)22-25-39(44)45-46-41-28-32(23-26-43(41)47(42)45)37-21-11-14-30-12-7-9-19-36(30)37/h1-29H.